The van der Waals surface area contributed by atoms with Gasteiger partial charge in [0.05, 0.1) is 0 Å². The molecule has 0 aliphatic rings. The number of aliphatic hydroxyl groups excluding tert-OH is 1. The van der Waals surface area contributed by atoms with Gasteiger partial charge in [-0.15, -0.1) is 0 Å². The van der Waals surface area contributed by atoms with E-state index in [0.29, 0.717) is 32.4 Å². The van der Waals surface area contributed by atoms with Crippen LogP contribution in [0.5, 0.6) is 0 Å². The van der Waals surface area contributed by atoms with Crippen molar-refractivity contribution in [2.75, 3.05) is 26.2 Å². The molecule has 6 nitrogen and oxygen atoms in total. The summed E-state index contributed by atoms with van der Waals surface area (Å²) < 4.78 is 0. The lowest BCUT2D eigenvalue weighted by Gasteiger charge is -2.34. The van der Waals surface area contributed by atoms with Crippen molar-refractivity contribution in [3.05, 3.63) is 24.3 Å². The van der Waals surface area contributed by atoms with E-state index < -0.39 is 0 Å². The van der Waals surface area contributed by atoms with Crippen LogP contribution in [0.2, 0.25) is 0 Å². The van der Waals surface area contributed by atoms with Crippen LogP contribution < -0.4 is 10.6 Å². The van der Waals surface area contributed by atoms with Gasteiger partial charge in [-0.3, -0.25) is 14.5 Å². The van der Waals surface area contributed by atoms with Crippen LogP contribution in [-0.4, -0.2) is 60.1 Å². The Bertz CT molecular complexity index is 505. The highest BCUT2D eigenvalue weighted by atomic mass is 16.3. The zero-order valence-electron chi connectivity index (χ0n) is 21.8. The number of carbonyl (C=O) groups is 2. The highest BCUT2D eigenvalue weighted by Gasteiger charge is 2.20. The molecule has 0 aromatic rings. The second-order valence-corrected chi connectivity index (χ2v) is 8.96. The van der Waals surface area contributed by atoms with Crippen LogP contribution >= 0.6 is 0 Å². The van der Waals surface area contributed by atoms with Gasteiger partial charge in [-0.05, 0) is 72.6 Å². The molecule has 2 atom stereocenters. The fourth-order valence-corrected chi connectivity index (χ4v) is 3.85. The van der Waals surface area contributed by atoms with E-state index in [2.05, 4.69) is 53.7 Å². The molecule has 0 spiro atoms. The van der Waals surface area contributed by atoms with Gasteiger partial charge in [-0.1, -0.05) is 37.1 Å². The van der Waals surface area contributed by atoms with Gasteiger partial charge in [-0.25, -0.2) is 0 Å². The van der Waals surface area contributed by atoms with Gasteiger partial charge in [0.1, 0.15) is 0 Å². The summed E-state index contributed by atoms with van der Waals surface area (Å²) >= 11 is 0. The molecule has 0 aromatic heterocycles. The summed E-state index contributed by atoms with van der Waals surface area (Å²) in [7, 11) is 0. The van der Waals surface area contributed by atoms with Gasteiger partial charge in [0, 0.05) is 51.2 Å². The molecule has 0 aliphatic carbocycles. The standard InChI is InChI=1S/C27H51N3O3/c1-5-7-9-11-13-15-18-26(32)28-22-24(3)30(20-17-21-31)25(4)23-29-27(33)19-16-14-12-10-8-6-2/h5-8,24-25,31H,9-23H2,1-4H3,(H,28,32)(H,29,33)/b7-5+,8-6+. The quantitative estimate of drug-likeness (QED) is 0.169. The average molecular weight is 466 g/mol. The Morgan fingerprint density at radius 2 is 1.21 bits per heavy atom. The Kier molecular flexibility index (Phi) is 21.0. The first-order valence-corrected chi connectivity index (χ1v) is 13.1. The summed E-state index contributed by atoms with van der Waals surface area (Å²) in [5, 5.41) is 15.4. The molecule has 33 heavy (non-hydrogen) atoms. The van der Waals surface area contributed by atoms with Crippen LogP contribution in [0, 0.1) is 0 Å². The molecule has 0 rings (SSSR count). The van der Waals surface area contributed by atoms with E-state index >= 15 is 0 Å². The molecule has 3 N–H and O–H groups in total. The minimum absolute atomic E-state index is 0.102. The number of aliphatic hydroxyl groups is 1. The Morgan fingerprint density at radius 3 is 1.61 bits per heavy atom. The SMILES string of the molecule is C/C=C/CCCCCC(=O)NCC(C)N(CCCO)C(C)CNC(=O)CCCCC/C=C/C. The Labute approximate surface area is 203 Å². The molecular formula is C27H51N3O3. The van der Waals surface area contributed by atoms with Crippen molar-refractivity contribution in [1.82, 2.24) is 15.5 Å². The van der Waals surface area contributed by atoms with Gasteiger partial charge in [0.25, 0.3) is 0 Å². The Balaban J connectivity index is 4.29. The average Bonchev–Trinajstić information content (AvgIpc) is 2.81. The van der Waals surface area contributed by atoms with Gasteiger partial charge >= 0.3 is 0 Å². The highest BCUT2D eigenvalue weighted by Crippen LogP contribution is 2.08. The van der Waals surface area contributed by atoms with Crippen molar-refractivity contribution < 1.29 is 14.7 Å². The molecular weight excluding hydrogens is 414 g/mol. The lowest BCUT2D eigenvalue weighted by Crippen LogP contribution is -2.50. The lowest BCUT2D eigenvalue weighted by atomic mass is 10.1. The maximum Gasteiger partial charge on any atom is 0.220 e. The molecule has 0 heterocycles. The maximum absolute atomic E-state index is 12.2. The van der Waals surface area contributed by atoms with E-state index in [4.69, 9.17) is 0 Å². The molecule has 0 saturated carbocycles. The van der Waals surface area contributed by atoms with Crippen molar-refractivity contribution in [2.45, 2.75) is 110 Å². The third-order valence-corrected chi connectivity index (χ3v) is 5.92. The summed E-state index contributed by atoms with van der Waals surface area (Å²) in [5.41, 5.74) is 0. The van der Waals surface area contributed by atoms with Gasteiger partial charge < -0.3 is 15.7 Å². The molecule has 0 saturated heterocycles. The fourth-order valence-electron chi connectivity index (χ4n) is 3.85. The van der Waals surface area contributed by atoms with Crippen molar-refractivity contribution in [2.24, 2.45) is 0 Å². The highest BCUT2D eigenvalue weighted by molar-refractivity contribution is 5.76. The number of rotatable bonds is 21. The van der Waals surface area contributed by atoms with Crippen LogP contribution in [-0.2, 0) is 9.59 Å². The number of hydrogen-bond acceptors (Lipinski definition) is 4. The van der Waals surface area contributed by atoms with Crippen molar-refractivity contribution in [1.29, 1.82) is 0 Å². The smallest absolute Gasteiger partial charge is 0.220 e. The zero-order chi connectivity index (χ0) is 24.7. The summed E-state index contributed by atoms with van der Waals surface area (Å²) in [5.74, 6) is 0.204. The summed E-state index contributed by atoms with van der Waals surface area (Å²) in [6.45, 7) is 10.3. The minimum Gasteiger partial charge on any atom is -0.396 e. The van der Waals surface area contributed by atoms with E-state index in [1.54, 1.807) is 0 Å². The first-order chi connectivity index (χ1) is 16.0. The number of carbonyl (C=O) groups excluding carboxylic acids is 2. The van der Waals surface area contributed by atoms with E-state index in [0.717, 1.165) is 57.9 Å². The molecule has 0 aliphatic heterocycles. The molecule has 6 heteroatoms. The number of amides is 2. The number of unbranched alkanes of at least 4 members (excludes halogenated alkanes) is 6. The van der Waals surface area contributed by atoms with Gasteiger partial charge in [0.15, 0.2) is 0 Å². The second kappa shape index (κ2) is 22.1. The minimum atomic E-state index is 0.102. The van der Waals surface area contributed by atoms with Gasteiger partial charge in [-0.2, -0.15) is 0 Å². The number of allylic oxidation sites excluding steroid dienone is 4. The lowest BCUT2D eigenvalue weighted by molar-refractivity contribution is -0.121. The first-order valence-electron chi connectivity index (χ1n) is 13.1. The van der Waals surface area contributed by atoms with Gasteiger partial charge in [0.2, 0.25) is 11.8 Å². The largest absolute Gasteiger partial charge is 0.396 e. The Hall–Kier alpha value is -1.66. The first kappa shape index (κ1) is 31.3. The van der Waals surface area contributed by atoms with E-state index in [-0.39, 0.29) is 30.5 Å². The summed E-state index contributed by atoms with van der Waals surface area (Å²) in [6.07, 6.45) is 18.7. The molecule has 0 bridgehead atoms. The normalized spacial score (nSPS) is 13.6. The molecule has 192 valence electrons. The van der Waals surface area contributed by atoms with E-state index in [1.807, 2.05) is 13.8 Å². The van der Waals surface area contributed by atoms with Crippen LogP contribution in [0.25, 0.3) is 0 Å². The van der Waals surface area contributed by atoms with Crippen LogP contribution in [0.1, 0.15) is 98.3 Å². The fraction of sp³-hybridized carbons (Fsp3) is 0.778. The molecule has 0 fully saturated rings. The zero-order valence-corrected chi connectivity index (χ0v) is 21.8. The van der Waals surface area contributed by atoms with Crippen molar-refractivity contribution >= 4 is 11.8 Å². The number of nitrogens with zero attached hydrogens (tertiary/aromatic N) is 1. The van der Waals surface area contributed by atoms with Crippen molar-refractivity contribution in [3.8, 4) is 0 Å². The molecule has 0 aromatic carbocycles. The summed E-state index contributed by atoms with van der Waals surface area (Å²) in [6, 6.07) is 0.266. The third-order valence-electron chi connectivity index (χ3n) is 5.92. The monoisotopic (exact) mass is 465 g/mol. The second-order valence-electron chi connectivity index (χ2n) is 8.96. The topological polar surface area (TPSA) is 81.7 Å². The maximum atomic E-state index is 12.2. The van der Waals surface area contributed by atoms with Crippen molar-refractivity contribution in [3.63, 3.8) is 0 Å². The summed E-state index contributed by atoms with van der Waals surface area (Å²) in [4.78, 5) is 26.7. The van der Waals surface area contributed by atoms with E-state index in [1.165, 1.54) is 0 Å². The molecule has 2 unspecified atom stereocenters. The van der Waals surface area contributed by atoms with Crippen LogP contribution in [0.15, 0.2) is 24.3 Å². The molecule has 0 radical (unpaired) electrons. The Morgan fingerprint density at radius 1 is 0.758 bits per heavy atom. The number of hydrogen-bond donors (Lipinski definition) is 3. The van der Waals surface area contributed by atoms with Crippen LogP contribution in [0.4, 0.5) is 0 Å². The predicted molar refractivity (Wildman–Crippen MR) is 139 cm³/mol. The van der Waals surface area contributed by atoms with Crippen LogP contribution in [0.3, 0.4) is 0 Å². The molecule has 2 amide bonds. The third kappa shape index (κ3) is 18.5. The van der Waals surface area contributed by atoms with E-state index in [9.17, 15) is 14.7 Å². The predicted octanol–water partition coefficient (Wildman–Crippen LogP) is 4.73. The number of nitrogens with one attached hydrogen (secondary N) is 2.